The van der Waals surface area contributed by atoms with Crippen molar-refractivity contribution in [2.45, 2.75) is 75.9 Å². The van der Waals surface area contributed by atoms with Crippen molar-refractivity contribution in [2.24, 2.45) is 0 Å². The van der Waals surface area contributed by atoms with E-state index < -0.39 is 30.1 Å². The molecule has 244 valence electrons. The largest absolute Gasteiger partial charge is 0.374 e. The molecule has 3 fully saturated rings. The van der Waals surface area contributed by atoms with Crippen LogP contribution in [0.3, 0.4) is 0 Å². The summed E-state index contributed by atoms with van der Waals surface area (Å²) in [4.78, 5) is 27.9. The molecular weight excluding hydrogens is 588 g/mol. The molecule has 0 N–H and O–H groups in total. The Morgan fingerprint density at radius 1 is 0.810 bits per heavy atom. The van der Waals surface area contributed by atoms with Gasteiger partial charge in [-0.15, -0.1) is 0 Å². The lowest BCUT2D eigenvalue weighted by atomic mass is 10.2. The Bertz CT molecular complexity index is 784. The molecule has 0 saturated carbocycles. The van der Waals surface area contributed by atoms with E-state index in [0.717, 1.165) is 36.0 Å². The molecule has 2 amide bonds. The molecule has 2 unspecified atom stereocenters. The number of hydrogen-bond acceptors (Lipinski definition) is 12. The molecule has 3 aliphatic heterocycles. The maximum Gasteiger partial charge on any atom is 0.282 e. The number of rotatable bonds is 18. The summed E-state index contributed by atoms with van der Waals surface area (Å²) in [6, 6.07) is 0. The first-order valence-electron chi connectivity index (χ1n) is 14.6. The van der Waals surface area contributed by atoms with Gasteiger partial charge in [0.1, 0.15) is 18.3 Å². The molecule has 3 heterocycles. The van der Waals surface area contributed by atoms with Gasteiger partial charge in [-0.2, -0.15) is 23.5 Å². The summed E-state index contributed by atoms with van der Waals surface area (Å²) in [5, 5.41) is 0. The van der Waals surface area contributed by atoms with Crippen molar-refractivity contribution >= 4 is 35.3 Å². The van der Waals surface area contributed by atoms with Gasteiger partial charge in [-0.1, -0.05) is 6.92 Å². The molecule has 3 saturated heterocycles. The zero-order chi connectivity index (χ0) is 30.8. The van der Waals surface area contributed by atoms with E-state index in [0.29, 0.717) is 13.0 Å². The number of hydrogen-bond donors (Lipinski definition) is 0. The van der Waals surface area contributed by atoms with E-state index in [9.17, 15) is 9.59 Å². The van der Waals surface area contributed by atoms with Gasteiger partial charge in [-0.05, 0) is 31.8 Å². The number of carbonyl (C=O) groups is 2. The molecule has 0 aromatic heterocycles. The number of nitrogens with zero attached hydrogens (tertiary/aromatic N) is 2. The topological polar surface area (TPSA) is 118 Å². The molecule has 0 spiro atoms. The Balaban J connectivity index is 1.53. The maximum atomic E-state index is 12.5. The predicted octanol–water partition coefficient (Wildman–Crippen LogP) is 1.84. The highest BCUT2D eigenvalue weighted by Gasteiger charge is 2.44. The Morgan fingerprint density at radius 2 is 1.26 bits per heavy atom. The van der Waals surface area contributed by atoms with E-state index in [1.807, 2.05) is 11.8 Å². The second-order valence-corrected chi connectivity index (χ2v) is 13.6. The third-order valence-electron chi connectivity index (χ3n) is 6.83. The molecule has 3 aliphatic rings. The molecule has 12 nitrogen and oxygen atoms in total. The monoisotopic (exact) mass is 638 g/mol. The molecular formula is C28H50N2O10S2. The minimum Gasteiger partial charge on any atom is -0.374 e. The number of carbonyl (C=O) groups excluding carboxylic acids is 2. The van der Waals surface area contributed by atoms with Gasteiger partial charge < -0.3 is 47.7 Å². The average molecular weight is 639 g/mol. The first-order valence-corrected chi connectivity index (χ1v) is 17.0. The summed E-state index contributed by atoms with van der Waals surface area (Å²) >= 11 is 3.71. The van der Waals surface area contributed by atoms with Gasteiger partial charge in [0.05, 0.1) is 45.7 Å². The molecule has 3 rings (SSSR count). The average Bonchev–Trinajstić information content (AvgIpc) is 3.80. The van der Waals surface area contributed by atoms with Crippen molar-refractivity contribution < 1.29 is 47.5 Å². The zero-order valence-electron chi connectivity index (χ0n) is 26.2. The number of amides is 2. The summed E-state index contributed by atoms with van der Waals surface area (Å²) < 4.78 is 47.2. The summed E-state index contributed by atoms with van der Waals surface area (Å²) in [6.07, 6.45) is 0.687. The highest BCUT2D eigenvalue weighted by atomic mass is 32.2. The Kier molecular flexibility index (Phi) is 14.6. The number of epoxide rings is 1. The summed E-state index contributed by atoms with van der Waals surface area (Å²) in [5.41, 5.74) is 0. The molecule has 0 aliphatic carbocycles. The van der Waals surface area contributed by atoms with Gasteiger partial charge in [-0.3, -0.25) is 9.59 Å². The number of thioether (sulfide) groups is 2. The fourth-order valence-electron chi connectivity index (χ4n) is 4.31. The van der Waals surface area contributed by atoms with E-state index in [1.54, 1.807) is 53.8 Å². The summed E-state index contributed by atoms with van der Waals surface area (Å²) in [6.45, 7) is 7.58. The van der Waals surface area contributed by atoms with Gasteiger partial charge in [-0.25, -0.2) is 0 Å². The minimum atomic E-state index is -1.35. The van der Waals surface area contributed by atoms with Crippen LogP contribution in [0, 0.1) is 0 Å². The predicted molar refractivity (Wildman–Crippen MR) is 161 cm³/mol. The SMILES string of the molecule is CCCSCC(CSCCC(OC1COC(C)(C(=O)N(C)C)OC1)OC1COC(C)(C(=O)N(C)C)OC1)OCC1CO1. The van der Waals surface area contributed by atoms with E-state index in [2.05, 4.69) is 6.92 Å². The molecule has 0 bridgehead atoms. The number of likely N-dealkylation sites (N-methyl/N-ethyl adjacent to an activating group) is 2. The van der Waals surface area contributed by atoms with Crippen LogP contribution in [0.15, 0.2) is 0 Å². The summed E-state index contributed by atoms with van der Waals surface area (Å²) in [7, 11) is 6.64. The van der Waals surface area contributed by atoms with Crippen LogP contribution in [0.25, 0.3) is 0 Å². The highest BCUT2D eigenvalue weighted by Crippen LogP contribution is 2.26. The van der Waals surface area contributed by atoms with Crippen LogP contribution in [0.2, 0.25) is 0 Å². The molecule has 0 aromatic rings. The summed E-state index contributed by atoms with van der Waals surface area (Å²) in [5.74, 6) is 0.478. The Labute approximate surface area is 259 Å². The normalized spacial score (nSPS) is 30.9. The molecule has 14 heteroatoms. The van der Waals surface area contributed by atoms with Gasteiger partial charge >= 0.3 is 0 Å². The van der Waals surface area contributed by atoms with Crippen LogP contribution in [0.4, 0.5) is 0 Å². The van der Waals surface area contributed by atoms with E-state index in [4.69, 9.17) is 37.9 Å². The fraction of sp³-hybridized carbons (Fsp3) is 0.929. The number of ether oxygens (including phenoxy) is 8. The van der Waals surface area contributed by atoms with E-state index >= 15 is 0 Å². The first-order chi connectivity index (χ1) is 20.0. The zero-order valence-corrected chi connectivity index (χ0v) is 27.8. The van der Waals surface area contributed by atoms with Crippen molar-refractivity contribution in [3.63, 3.8) is 0 Å². The van der Waals surface area contributed by atoms with Crippen LogP contribution in [-0.4, -0.2) is 155 Å². The third kappa shape index (κ3) is 11.4. The quantitative estimate of drug-likeness (QED) is 0.124. The lowest BCUT2D eigenvalue weighted by Gasteiger charge is -2.40. The second kappa shape index (κ2) is 17.1. The smallest absolute Gasteiger partial charge is 0.282 e. The maximum absolute atomic E-state index is 12.5. The molecule has 0 radical (unpaired) electrons. The Morgan fingerprint density at radius 3 is 1.67 bits per heavy atom. The second-order valence-electron chi connectivity index (χ2n) is 11.3. The lowest BCUT2D eigenvalue weighted by molar-refractivity contribution is -0.322. The van der Waals surface area contributed by atoms with Gasteiger partial charge in [0.2, 0.25) is 11.6 Å². The highest BCUT2D eigenvalue weighted by molar-refractivity contribution is 8.00. The third-order valence-corrected chi connectivity index (χ3v) is 9.27. The van der Waals surface area contributed by atoms with Crippen molar-refractivity contribution in [1.82, 2.24) is 9.80 Å². The molecule has 0 aromatic carbocycles. The van der Waals surface area contributed by atoms with E-state index in [1.165, 1.54) is 9.80 Å². The van der Waals surface area contributed by atoms with Crippen LogP contribution >= 0.6 is 23.5 Å². The standard InChI is InChI=1S/C28H50N2O10S2/c1-8-10-41-18-23(34-13-20-12-33-20)19-42-11-9-24(39-21-14-35-27(2,36-15-21)25(31)29(4)5)40-22-16-37-28(3,38-17-22)26(32)30(6)7/h20-24H,8-19H2,1-7H3. The van der Waals surface area contributed by atoms with Crippen molar-refractivity contribution in [3.05, 3.63) is 0 Å². The van der Waals surface area contributed by atoms with E-state index in [-0.39, 0.29) is 50.4 Å². The van der Waals surface area contributed by atoms with Crippen molar-refractivity contribution in [3.8, 4) is 0 Å². The molecule has 2 atom stereocenters. The van der Waals surface area contributed by atoms with Crippen molar-refractivity contribution in [2.75, 3.05) is 90.8 Å². The first kappa shape index (κ1) is 35.8. The fourth-order valence-corrected chi connectivity index (χ4v) is 6.39. The Hall–Kier alpha value is -0.680. The van der Waals surface area contributed by atoms with Crippen LogP contribution in [0.1, 0.15) is 33.6 Å². The van der Waals surface area contributed by atoms with Crippen LogP contribution in [-0.2, 0) is 47.5 Å². The van der Waals surface area contributed by atoms with Gasteiger partial charge in [0.25, 0.3) is 11.8 Å². The van der Waals surface area contributed by atoms with Gasteiger partial charge in [0, 0.05) is 46.1 Å². The lowest BCUT2D eigenvalue weighted by Crippen LogP contribution is -2.55. The van der Waals surface area contributed by atoms with Gasteiger partial charge in [0.15, 0.2) is 6.29 Å². The van der Waals surface area contributed by atoms with Crippen molar-refractivity contribution in [1.29, 1.82) is 0 Å². The minimum absolute atomic E-state index is 0.148. The van der Waals surface area contributed by atoms with Crippen LogP contribution in [0.5, 0.6) is 0 Å². The molecule has 42 heavy (non-hydrogen) atoms. The van der Waals surface area contributed by atoms with Crippen LogP contribution < -0.4 is 0 Å².